The van der Waals surface area contributed by atoms with Crippen molar-refractivity contribution in [1.82, 2.24) is 9.78 Å². The van der Waals surface area contributed by atoms with E-state index in [4.69, 9.17) is 5.26 Å². The molecule has 0 fully saturated rings. The van der Waals surface area contributed by atoms with E-state index in [1.165, 1.54) is 16.8 Å². The number of nitrogens with zero attached hydrogens (tertiary/aromatic N) is 3. The van der Waals surface area contributed by atoms with Crippen LogP contribution in [0.15, 0.2) is 48.5 Å². The number of hydrogen-bond donors (Lipinski definition) is 1. The summed E-state index contributed by atoms with van der Waals surface area (Å²) in [6.45, 7) is 3.68. The number of amides is 1. The molecule has 0 bridgehead atoms. The number of anilines is 1. The predicted molar refractivity (Wildman–Crippen MR) is 92.1 cm³/mol. The summed E-state index contributed by atoms with van der Waals surface area (Å²) in [4.78, 5) is 12.2. The molecule has 124 valence electrons. The minimum atomic E-state index is -0.491. The van der Waals surface area contributed by atoms with E-state index in [1.54, 1.807) is 30.3 Å². The largest absolute Gasteiger partial charge is 0.322 e. The third-order valence-corrected chi connectivity index (χ3v) is 3.70. The summed E-state index contributed by atoms with van der Waals surface area (Å²) < 4.78 is 16.0. The first-order valence-corrected chi connectivity index (χ1v) is 7.62. The van der Waals surface area contributed by atoms with Gasteiger partial charge in [-0.1, -0.05) is 6.07 Å². The summed E-state index contributed by atoms with van der Waals surface area (Å²) in [6, 6.07) is 14.6. The molecule has 1 heterocycles. The van der Waals surface area contributed by atoms with Crippen LogP contribution in [0.4, 0.5) is 10.1 Å². The van der Waals surface area contributed by atoms with Crippen LogP contribution >= 0.6 is 0 Å². The van der Waals surface area contributed by atoms with Gasteiger partial charge in [-0.2, -0.15) is 10.4 Å². The molecule has 25 heavy (non-hydrogen) atoms. The molecule has 5 nitrogen and oxygen atoms in total. The van der Waals surface area contributed by atoms with E-state index in [-0.39, 0.29) is 0 Å². The molecule has 0 aliphatic heterocycles. The molecule has 2 aromatic carbocycles. The monoisotopic (exact) mass is 334 g/mol. The van der Waals surface area contributed by atoms with Crippen molar-refractivity contribution in [2.45, 2.75) is 13.8 Å². The Bertz CT molecular complexity index is 1000. The second-order valence-corrected chi connectivity index (χ2v) is 5.65. The first-order valence-electron chi connectivity index (χ1n) is 7.62. The molecule has 3 rings (SSSR count). The van der Waals surface area contributed by atoms with E-state index in [2.05, 4.69) is 10.4 Å². The molecule has 0 radical (unpaired) electrons. The summed E-state index contributed by atoms with van der Waals surface area (Å²) in [5.41, 5.74) is 2.99. The first-order chi connectivity index (χ1) is 12.0. The van der Waals surface area contributed by atoms with Crippen molar-refractivity contribution in [2.75, 3.05) is 5.32 Å². The van der Waals surface area contributed by atoms with Gasteiger partial charge in [-0.25, -0.2) is 9.07 Å². The lowest BCUT2D eigenvalue weighted by Gasteiger charge is -2.09. The minimum absolute atomic E-state index is 0.315. The van der Waals surface area contributed by atoms with Crippen LogP contribution in [0.1, 0.15) is 27.3 Å². The van der Waals surface area contributed by atoms with Crippen molar-refractivity contribution in [3.8, 4) is 11.8 Å². The third-order valence-electron chi connectivity index (χ3n) is 3.70. The molecule has 6 heteroatoms. The van der Waals surface area contributed by atoms with Crippen molar-refractivity contribution in [3.63, 3.8) is 0 Å². The Morgan fingerprint density at radius 2 is 2.00 bits per heavy atom. The Morgan fingerprint density at radius 1 is 1.20 bits per heavy atom. The predicted octanol–water partition coefficient (Wildman–Crippen LogP) is 3.75. The number of carbonyl (C=O) groups is 1. The van der Waals surface area contributed by atoms with Gasteiger partial charge < -0.3 is 5.32 Å². The lowest BCUT2D eigenvalue weighted by molar-refractivity contribution is 0.102. The number of nitrogens with one attached hydrogen (secondary N) is 1. The maximum atomic E-state index is 14.4. The van der Waals surface area contributed by atoms with E-state index in [9.17, 15) is 9.18 Å². The van der Waals surface area contributed by atoms with Gasteiger partial charge in [0.2, 0.25) is 0 Å². The number of hydrogen-bond acceptors (Lipinski definition) is 3. The molecule has 3 aromatic rings. The Labute approximate surface area is 144 Å². The topological polar surface area (TPSA) is 70.7 Å². The van der Waals surface area contributed by atoms with E-state index < -0.39 is 11.7 Å². The smallest absolute Gasteiger partial charge is 0.255 e. The van der Waals surface area contributed by atoms with Gasteiger partial charge in [0.25, 0.3) is 5.91 Å². The molecule has 1 aromatic heterocycles. The van der Waals surface area contributed by atoms with E-state index in [1.807, 2.05) is 26.0 Å². The van der Waals surface area contributed by atoms with E-state index >= 15 is 0 Å². The van der Waals surface area contributed by atoms with Crippen LogP contribution in [0.2, 0.25) is 0 Å². The zero-order valence-electron chi connectivity index (χ0n) is 13.7. The molecule has 1 N–H and O–H groups in total. The zero-order chi connectivity index (χ0) is 18.0. The quantitative estimate of drug-likeness (QED) is 0.793. The minimum Gasteiger partial charge on any atom is -0.322 e. The highest BCUT2D eigenvalue weighted by Gasteiger charge is 2.12. The van der Waals surface area contributed by atoms with Gasteiger partial charge in [0.1, 0.15) is 5.69 Å². The number of aryl methyl sites for hydroxylation is 2. The van der Waals surface area contributed by atoms with Crippen LogP contribution in [-0.2, 0) is 0 Å². The van der Waals surface area contributed by atoms with Gasteiger partial charge in [0.05, 0.1) is 17.3 Å². The number of carbonyl (C=O) groups excluding carboxylic acids is 1. The Morgan fingerprint density at radius 3 is 2.64 bits per heavy atom. The molecular formula is C19H15FN4O. The van der Waals surface area contributed by atoms with Gasteiger partial charge in [0.15, 0.2) is 5.82 Å². The van der Waals surface area contributed by atoms with Crippen LogP contribution in [0, 0.1) is 31.0 Å². The number of benzene rings is 2. The van der Waals surface area contributed by atoms with Crippen molar-refractivity contribution in [3.05, 3.63) is 76.9 Å². The SMILES string of the molecule is Cc1cc(C)n(-c2ccc(NC(=O)c3cccc(C#N)c3)cc2F)n1. The summed E-state index contributed by atoms with van der Waals surface area (Å²) in [6.07, 6.45) is 0. The lowest BCUT2D eigenvalue weighted by Crippen LogP contribution is -2.12. The fourth-order valence-electron chi connectivity index (χ4n) is 2.56. The van der Waals surface area contributed by atoms with Gasteiger partial charge in [0, 0.05) is 16.9 Å². The molecule has 0 spiro atoms. The van der Waals surface area contributed by atoms with E-state index in [0.29, 0.717) is 22.5 Å². The van der Waals surface area contributed by atoms with Gasteiger partial charge in [-0.3, -0.25) is 4.79 Å². The molecule has 0 aliphatic carbocycles. The Hall–Kier alpha value is -3.46. The molecule has 1 amide bonds. The molecule has 0 saturated carbocycles. The average molecular weight is 334 g/mol. The van der Waals surface area contributed by atoms with Crippen molar-refractivity contribution in [1.29, 1.82) is 5.26 Å². The average Bonchev–Trinajstić information content (AvgIpc) is 2.93. The van der Waals surface area contributed by atoms with Gasteiger partial charge in [-0.05, 0) is 56.3 Å². The van der Waals surface area contributed by atoms with Crippen LogP contribution in [0.5, 0.6) is 0 Å². The summed E-state index contributed by atoms with van der Waals surface area (Å²) in [7, 11) is 0. The molecule has 0 saturated heterocycles. The zero-order valence-corrected chi connectivity index (χ0v) is 13.7. The fraction of sp³-hybridized carbons (Fsp3) is 0.105. The molecule has 0 atom stereocenters. The lowest BCUT2D eigenvalue weighted by atomic mass is 10.1. The van der Waals surface area contributed by atoms with Gasteiger partial charge >= 0.3 is 0 Å². The second kappa shape index (κ2) is 6.57. The highest BCUT2D eigenvalue weighted by atomic mass is 19.1. The normalized spacial score (nSPS) is 10.3. The van der Waals surface area contributed by atoms with Crippen molar-refractivity contribution < 1.29 is 9.18 Å². The summed E-state index contributed by atoms with van der Waals surface area (Å²) in [5.74, 6) is -0.898. The van der Waals surface area contributed by atoms with Gasteiger partial charge in [-0.15, -0.1) is 0 Å². The van der Waals surface area contributed by atoms with Crippen LogP contribution in [-0.4, -0.2) is 15.7 Å². The van der Waals surface area contributed by atoms with E-state index in [0.717, 1.165) is 11.4 Å². The standard InChI is InChI=1S/C19H15FN4O/c1-12-8-13(2)24(23-12)18-7-6-16(10-17(18)20)22-19(25)15-5-3-4-14(9-15)11-21/h3-10H,1-2H3,(H,22,25). The fourth-order valence-corrected chi connectivity index (χ4v) is 2.56. The van der Waals surface area contributed by atoms with Crippen molar-refractivity contribution >= 4 is 11.6 Å². The van der Waals surface area contributed by atoms with Crippen molar-refractivity contribution in [2.24, 2.45) is 0 Å². The molecule has 0 aliphatic rings. The number of rotatable bonds is 3. The Kier molecular flexibility index (Phi) is 4.31. The highest BCUT2D eigenvalue weighted by molar-refractivity contribution is 6.04. The first kappa shape index (κ1) is 16.4. The molecule has 0 unspecified atom stereocenters. The maximum Gasteiger partial charge on any atom is 0.255 e. The number of aromatic nitrogens is 2. The maximum absolute atomic E-state index is 14.4. The van der Waals surface area contributed by atoms with Crippen LogP contribution < -0.4 is 5.32 Å². The number of nitriles is 1. The summed E-state index contributed by atoms with van der Waals surface area (Å²) in [5, 5.41) is 15.8. The summed E-state index contributed by atoms with van der Waals surface area (Å²) >= 11 is 0. The third kappa shape index (κ3) is 3.40. The highest BCUT2D eigenvalue weighted by Crippen LogP contribution is 2.20. The second-order valence-electron chi connectivity index (χ2n) is 5.65. The van der Waals surface area contributed by atoms with Crippen LogP contribution in [0.25, 0.3) is 5.69 Å². The number of halogens is 1. The Balaban J connectivity index is 1.85. The molecular weight excluding hydrogens is 319 g/mol. The van der Waals surface area contributed by atoms with Crippen LogP contribution in [0.3, 0.4) is 0 Å².